The molecule has 2 aromatic rings. The topological polar surface area (TPSA) is 195 Å². The molecule has 0 spiro atoms. The Morgan fingerprint density at radius 2 is 1.39 bits per heavy atom. The van der Waals surface area contributed by atoms with Crippen LogP contribution < -0.4 is 34.5 Å². The van der Waals surface area contributed by atoms with Gasteiger partial charge in [-0.25, -0.2) is 16.8 Å². The van der Waals surface area contributed by atoms with E-state index in [1.807, 2.05) is 27.7 Å². The van der Waals surface area contributed by atoms with E-state index in [0.717, 1.165) is 0 Å². The molecule has 12 nitrogen and oxygen atoms in total. The standard InChI is InChI=1S/C31H34N2O10S2.Na/c1-30(2)22-18-20(44(38,39)40)10-12-24(22)32(16-14-28(34)35)26(30)8-6-5-7-9-27-31(3,4)23-19-21(45(41,42)43)11-13-25(23)33(27)17-15-29(36)37;/h5-13,18-19H,14-17H2,1-4H3,(H3-,34,35,36,37,38,39,40,41,42,43);/q;+1/p-1. The molecule has 240 valence electrons. The first-order valence-electron chi connectivity index (χ1n) is 13.9. The molecule has 2 N–H and O–H groups in total. The minimum absolute atomic E-state index is 0. The summed E-state index contributed by atoms with van der Waals surface area (Å²) < 4.78 is 71.9. The van der Waals surface area contributed by atoms with Gasteiger partial charge in [0.1, 0.15) is 26.7 Å². The summed E-state index contributed by atoms with van der Waals surface area (Å²) in [5, 5.41) is 18.6. The van der Waals surface area contributed by atoms with Gasteiger partial charge in [-0.05, 0) is 55.8 Å². The number of benzene rings is 2. The van der Waals surface area contributed by atoms with E-state index < -0.39 is 43.0 Å². The van der Waals surface area contributed by atoms with Crippen LogP contribution in [0.5, 0.6) is 0 Å². The van der Waals surface area contributed by atoms with Crippen LogP contribution in [0.1, 0.15) is 51.7 Å². The molecule has 0 unspecified atom stereocenters. The Kier molecular flexibility index (Phi) is 11.0. The molecule has 4 rings (SSSR count). The third-order valence-electron chi connectivity index (χ3n) is 8.13. The molecule has 2 heterocycles. The van der Waals surface area contributed by atoms with E-state index >= 15 is 0 Å². The summed E-state index contributed by atoms with van der Waals surface area (Å²) in [6, 6.07) is 8.05. The summed E-state index contributed by atoms with van der Waals surface area (Å²) in [7, 11) is -9.42. The normalized spacial score (nSPS) is 17.9. The summed E-state index contributed by atoms with van der Waals surface area (Å²) in [5.41, 5.74) is 2.12. The van der Waals surface area contributed by atoms with Crippen molar-refractivity contribution < 1.29 is 79.9 Å². The van der Waals surface area contributed by atoms with E-state index in [-0.39, 0.29) is 65.3 Å². The van der Waals surface area contributed by atoms with Gasteiger partial charge in [0, 0.05) is 41.1 Å². The van der Waals surface area contributed by atoms with Crippen molar-refractivity contribution in [3.8, 4) is 0 Å². The van der Waals surface area contributed by atoms with Crippen molar-refractivity contribution in [1.29, 1.82) is 0 Å². The van der Waals surface area contributed by atoms with E-state index in [1.54, 1.807) is 39.9 Å². The van der Waals surface area contributed by atoms with Gasteiger partial charge >= 0.3 is 41.5 Å². The van der Waals surface area contributed by atoms with E-state index in [1.165, 1.54) is 36.4 Å². The van der Waals surface area contributed by atoms with Crippen LogP contribution in [0.4, 0.5) is 11.4 Å². The van der Waals surface area contributed by atoms with Crippen molar-refractivity contribution in [2.45, 2.75) is 61.2 Å². The summed E-state index contributed by atoms with van der Waals surface area (Å²) in [5.74, 6) is -2.02. The van der Waals surface area contributed by atoms with Crippen LogP contribution in [0.3, 0.4) is 0 Å². The quantitative estimate of drug-likeness (QED) is 0.146. The first kappa shape index (κ1) is 37.3. The molecule has 0 saturated heterocycles. The Morgan fingerprint density at radius 3 is 1.96 bits per heavy atom. The molecule has 0 aliphatic carbocycles. The zero-order valence-electron chi connectivity index (χ0n) is 26.1. The maximum Gasteiger partial charge on any atom is 1.00 e. The van der Waals surface area contributed by atoms with Crippen molar-refractivity contribution in [2.24, 2.45) is 0 Å². The van der Waals surface area contributed by atoms with Crippen molar-refractivity contribution in [3.63, 3.8) is 0 Å². The van der Waals surface area contributed by atoms with E-state index in [0.29, 0.717) is 33.9 Å². The van der Waals surface area contributed by atoms with Gasteiger partial charge in [-0.15, -0.1) is 0 Å². The summed E-state index contributed by atoms with van der Waals surface area (Å²) in [6.45, 7) is 7.58. The van der Waals surface area contributed by atoms with Gasteiger partial charge in [-0.3, -0.25) is 9.59 Å². The van der Waals surface area contributed by atoms with Gasteiger partial charge in [-0.2, -0.15) is 4.58 Å². The molecule has 2 aliphatic rings. The van der Waals surface area contributed by atoms with Crippen molar-refractivity contribution in [1.82, 2.24) is 0 Å². The molecule has 0 bridgehead atoms. The van der Waals surface area contributed by atoms with Crippen LogP contribution in [-0.4, -0.2) is 71.5 Å². The molecule has 0 radical (unpaired) electrons. The Bertz CT molecular complexity index is 1930. The minimum atomic E-state index is -4.71. The maximum absolute atomic E-state index is 11.7. The molecule has 0 atom stereocenters. The molecular weight excluding hydrogens is 647 g/mol. The summed E-state index contributed by atoms with van der Waals surface area (Å²) in [4.78, 5) is 23.8. The molecule has 2 aromatic carbocycles. The molecule has 0 amide bonds. The fraction of sp³-hybridized carbons (Fsp3) is 0.323. The monoisotopic (exact) mass is 680 g/mol. The number of carboxylic acids is 2. The summed E-state index contributed by atoms with van der Waals surface area (Å²) >= 11 is 0. The number of rotatable bonds is 11. The summed E-state index contributed by atoms with van der Waals surface area (Å²) in [6.07, 6.45) is 8.31. The molecule has 15 heteroatoms. The molecule has 2 aliphatic heterocycles. The zero-order valence-corrected chi connectivity index (χ0v) is 29.7. The zero-order chi connectivity index (χ0) is 33.5. The average Bonchev–Trinajstić information content (AvgIpc) is 3.27. The molecular formula is C31H33N2NaO10S2. The second-order valence-corrected chi connectivity index (χ2v) is 14.5. The Labute approximate surface area is 290 Å². The first-order chi connectivity index (χ1) is 20.8. The number of hydrogen-bond donors (Lipinski definition) is 2. The molecule has 0 saturated carbocycles. The van der Waals surface area contributed by atoms with Crippen LogP contribution in [0.25, 0.3) is 0 Å². The number of allylic oxidation sites excluding steroid dienone is 6. The molecule has 46 heavy (non-hydrogen) atoms. The molecule has 0 aromatic heterocycles. The Hall–Kier alpha value is -3.11. The van der Waals surface area contributed by atoms with Gasteiger partial charge < -0.3 is 24.2 Å². The van der Waals surface area contributed by atoms with Crippen LogP contribution in [0.2, 0.25) is 0 Å². The Morgan fingerprint density at radius 1 is 0.826 bits per heavy atom. The van der Waals surface area contributed by atoms with Gasteiger partial charge in [0.25, 0.3) is 0 Å². The predicted octanol–water partition coefficient (Wildman–Crippen LogP) is 0.619. The van der Waals surface area contributed by atoms with Gasteiger partial charge in [-0.1, -0.05) is 32.1 Å². The Balaban J connectivity index is 0.00000576. The van der Waals surface area contributed by atoms with Gasteiger partial charge in [0.2, 0.25) is 5.69 Å². The second-order valence-electron chi connectivity index (χ2n) is 11.8. The fourth-order valence-electron chi connectivity index (χ4n) is 5.87. The van der Waals surface area contributed by atoms with Crippen LogP contribution in [0, 0.1) is 0 Å². The van der Waals surface area contributed by atoms with Crippen molar-refractivity contribution >= 4 is 49.3 Å². The number of anilines is 1. The van der Waals surface area contributed by atoms with Crippen LogP contribution >= 0.6 is 0 Å². The number of nitrogens with zero attached hydrogens (tertiary/aromatic N) is 2. The van der Waals surface area contributed by atoms with Crippen LogP contribution in [0.15, 0.2) is 82.3 Å². The number of carbonyl (C=O) groups is 2. The van der Waals surface area contributed by atoms with Crippen molar-refractivity contribution in [3.05, 3.63) is 83.6 Å². The predicted molar refractivity (Wildman–Crippen MR) is 163 cm³/mol. The van der Waals surface area contributed by atoms with E-state index in [2.05, 4.69) is 0 Å². The minimum Gasteiger partial charge on any atom is -0.744 e. The van der Waals surface area contributed by atoms with Gasteiger partial charge in [0.05, 0.1) is 21.6 Å². The average molecular weight is 681 g/mol. The van der Waals surface area contributed by atoms with Crippen LogP contribution in [-0.2, 0) is 40.7 Å². The number of fused-ring (bicyclic) bond motifs is 2. The second kappa shape index (κ2) is 13.6. The third-order valence-corrected chi connectivity index (χ3v) is 9.80. The van der Waals surface area contributed by atoms with E-state index in [4.69, 9.17) is 0 Å². The first-order valence-corrected chi connectivity index (χ1v) is 16.7. The largest absolute Gasteiger partial charge is 1.00 e. The van der Waals surface area contributed by atoms with Crippen molar-refractivity contribution in [2.75, 3.05) is 18.0 Å². The number of carboxylic acid groups (broad SMARTS) is 2. The fourth-order valence-corrected chi connectivity index (χ4v) is 6.87. The third kappa shape index (κ3) is 7.54. The SMILES string of the molecule is CC1(C)C(/C=C/C=C/C=C2/N(CCC(=O)O)c3ccc(S(=O)(=O)[O-])cc3C2(C)C)=[N+](CCC(=O)O)c2ccc(S(=O)(=O)[O-])cc21.[Na+]. The maximum atomic E-state index is 11.7. The van der Waals surface area contributed by atoms with Gasteiger partial charge in [0.15, 0.2) is 12.3 Å². The number of hydrogen-bond acceptors (Lipinski definition) is 9. The molecule has 0 fully saturated rings. The van der Waals surface area contributed by atoms with E-state index in [9.17, 15) is 45.7 Å². The number of aliphatic carboxylic acids is 2. The smallest absolute Gasteiger partial charge is 0.744 e.